The first-order valence-electron chi connectivity index (χ1n) is 20.2. The molecule has 0 unspecified atom stereocenters. The SMILES string of the molecule is CC1(C)c2cc(/C=C/c3ccc(N4c5ccccc5C(C)(C)c5ccccc54)c4ccccc34)ccc2-c2ccc(N3C4=C(C=CCC4)Oc4ccccc43)cc21. The molecule has 0 bridgehead atoms. The number of anilines is 5. The molecular weight excluding hydrogens is 693 g/mol. The summed E-state index contributed by atoms with van der Waals surface area (Å²) in [6.45, 7) is 9.44. The Labute approximate surface area is 335 Å². The lowest BCUT2D eigenvalue weighted by Crippen LogP contribution is -2.30. The van der Waals surface area contributed by atoms with E-state index in [1.165, 1.54) is 83.7 Å². The van der Waals surface area contributed by atoms with Crippen molar-refractivity contribution in [2.45, 2.75) is 51.4 Å². The third kappa shape index (κ3) is 5.04. The standard InChI is InChI=1S/C54H44N2O/c1-53(2)42-17-7-9-19-47(42)56(48-20-10-8-18-43(48)53)46-32-28-36(38-15-5-6-16-41(38)46)27-25-35-26-30-39-40-31-29-37(34-45(40)54(3,4)44(39)33-35)55-49-21-11-13-23-51(49)57-52-24-14-12-22-50(52)55/h5-11,13-21,23-34H,12,22H2,1-4H3/b27-25+. The molecule has 3 heteroatoms. The molecule has 0 saturated carbocycles. The Kier molecular flexibility index (Phi) is 7.38. The summed E-state index contributed by atoms with van der Waals surface area (Å²) in [6.07, 6.45) is 10.9. The predicted octanol–water partition coefficient (Wildman–Crippen LogP) is 14.5. The average molecular weight is 737 g/mol. The number of ether oxygens (including phenoxy) is 1. The van der Waals surface area contributed by atoms with Gasteiger partial charge in [-0.2, -0.15) is 0 Å². The van der Waals surface area contributed by atoms with Gasteiger partial charge in [-0.15, -0.1) is 0 Å². The topological polar surface area (TPSA) is 15.7 Å². The van der Waals surface area contributed by atoms with Crippen molar-refractivity contribution in [3.05, 3.63) is 203 Å². The normalized spacial score (nSPS) is 16.8. The van der Waals surface area contributed by atoms with Gasteiger partial charge in [-0.05, 0) is 111 Å². The number of para-hydroxylation sites is 4. The molecule has 11 rings (SSSR count). The van der Waals surface area contributed by atoms with Gasteiger partial charge in [0.05, 0.1) is 28.4 Å². The summed E-state index contributed by atoms with van der Waals surface area (Å²) in [4.78, 5) is 4.89. The second-order valence-corrected chi connectivity index (χ2v) is 16.9. The van der Waals surface area contributed by atoms with Gasteiger partial charge >= 0.3 is 0 Å². The molecule has 0 saturated heterocycles. The summed E-state index contributed by atoms with van der Waals surface area (Å²) in [5.41, 5.74) is 17.4. The number of nitrogens with zero attached hydrogens (tertiary/aromatic N) is 2. The van der Waals surface area contributed by atoms with Crippen LogP contribution in [-0.2, 0) is 10.8 Å². The highest BCUT2D eigenvalue weighted by atomic mass is 16.5. The van der Waals surface area contributed by atoms with Crippen LogP contribution in [0.1, 0.15) is 73.9 Å². The van der Waals surface area contributed by atoms with Crippen LogP contribution in [-0.4, -0.2) is 0 Å². The zero-order valence-corrected chi connectivity index (χ0v) is 32.9. The lowest BCUT2D eigenvalue weighted by molar-refractivity contribution is 0.421. The first kappa shape index (κ1) is 33.7. The maximum absolute atomic E-state index is 6.37. The quantitative estimate of drug-likeness (QED) is 0.167. The number of rotatable bonds is 4. The van der Waals surface area contributed by atoms with Gasteiger partial charge in [0.2, 0.25) is 0 Å². The first-order chi connectivity index (χ1) is 27.8. The molecule has 7 aromatic carbocycles. The Bertz CT molecular complexity index is 2860. The van der Waals surface area contributed by atoms with Crippen LogP contribution in [0.25, 0.3) is 34.1 Å². The number of allylic oxidation sites excluding steroid dienone is 3. The van der Waals surface area contributed by atoms with Crippen LogP contribution < -0.4 is 14.5 Å². The minimum absolute atomic E-state index is 0.0974. The Morgan fingerprint density at radius 1 is 0.526 bits per heavy atom. The molecular formula is C54H44N2O. The van der Waals surface area contributed by atoms with Crippen LogP contribution in [0.15, 0.2) is 169 Å². The lowest BCUT2D eigenvalue weighted by Gasteiger charge is -2.42. The largest absolute Gasteiger partial charge is 0.453 e. The summed E-state index contributed by atoms with van der Waals surface area (Å²) >= 11 is 0. The van der Waals surface area contributed by atoms with E-state index in [2.05, 4.69) is 207 Å². The monoisotopic (exact) mass is 736 g/mol. The highest BCUT2D eigenvalue weighted by Crippen LogP contribution is 2.54. The molecule has 4 aliphatic rings. The summed E-state index contributed by atoms with van der Waals surface area (Å²) in [6, 6.07) is 53.7. The molecule has 7 aromatic rings. The molecule has 0 spiro atoms. The Morgan fingerprint density at radius 3 is 1.93 bits per heavy atom. The van der Waals surface area contributed by atoms with E-state index in [4.69, 9.17) is 4.74 Å². The molecule has 2 aliphatic heterocycles. The molecule has 0 aromatic heterocycles. The van der Waals surface area contributed by atoms with E-state index in [1.807, 2.05) is 0 Å². The Hall–Kier alpha value is -6.58. The fraction of sp³-hybridized carbons (Fsp3) is 0.148. The average Bonchev–Trinajstić information content (AvgIpc) is 3.47. The van der Waals surface area contributed by atoms with E-state index in [0.29, 0.717) is 0 Å². The van der Waals surface area contributed by atoms with Gasteiger partial charge in [0, 0.05) is 21.9 Å². The third-order valence-electron chi connectivity index (χ3n) is 12.9. The van der Waals surface area contributed by atoms with E-state index < -0.39 is 0 Å². The van der Waals surface area contributed by atoms with Gasteiger partial charge in [0.1, 0.15) is 5.76 Å². The predicted molar refractivity (Wildman–Crippen MR) is 238 cm³/mol. The smallest absolute Gasteiger partial charge is 0.151 e. The zero-order valence-electron chi connectivity index (χ0n) is 32.9. The Balaban J connectivity index is 0.949. The molecule has 2 heterocycles. The molecule has 57 heavy (non-hydrogen) atoms. The summed E-state index contributed by atoms with van der Waals surface area (Å²) in [7, 11) is 0. The van der Waals surface area contributed by atoms with Crippen molar-refractivity contribution < 1.29 is 4.74 Å². The van der Waals surface area contributed by atoms with Crippen LogP contribution in [0.4, 0.5) is 28.4 Å². The highest BCUT2D eigenvalue weighted by Gasteiger charge is 2.38. The molecule has 2 aliphatic carbocycles. The minimum Gasteiger partial charge on any atom is -0.453 e. The fourth-order valence-corrected chi connectivity index (χ4v) is 9.98. The van der Waals surface area contributed by atoms with Crippen molar-refractivity contribution in [2.24, 2.45) is 0 Å². The van der Waals surface area contributed by atoms with Gasteiger partial charge in [-0.1, -0.05) is 149 Å². The lowest BCUT2D eigenvalue weighted by atomic mass is 9.73. The maximum atomic E-state index is 6.37. The van der Waals surface area contributed by atoms with Gasteiger partial charge in [-0.25, -0.2) is 0 Å². The molecule has 0 radical (unpaired) electrons. The van der Waals surface area contributed by atoms with Crippen molar-refractivity contribution in [2.75, 3.05) is 9.80 Å². The van der Waals surface area contributed by atoms with Crippen LogP contribution in [0.5, 0.6) is 5.75 Å². The van der Waals surface area contributed by atoms with Crippen LogP contribution in [0, 0.1) is 0 Å². The zero-order chi connectivity index (χ0) is 38.5. The van der Waals surface area contributed by atoms with Gasteiger partial charge in [0.15, 0.2) is 5.75 Å². The summed E-state index contributed by atoms with van der Waals surface area (Å²) in [5, 5.41) is 2.48. The molecule has 0 atom stereocenters. The molecule has 0 amide bonds. The molecule has 0 fully saturated rings. The molecule has 0 N–H and O–H groups in total. The fourth-order valence-electron chi connectivity index (χ4n) is 9.98. The van der Waals surface area contributed by atoms with E-state index >= 15 is 0 Å². The summed E-state index contributed by atoms with van der Waals surface area (Å²) < 4.78 is 6.37. The van der Waals surface area contributed by atoms with E-state index in [1.54, 1.807) is 0 Å². The second kappa shape index (κ2) is 12.5. The van der Waals surface area contributed by atoms with Crippen molar-refractivity contribution in [1.29, 1.82) is 0 Å². The third-order valence-corrected chi connectivity index (χ3v) is 12.9. The van der Waals surface area contributed by atoms with Crippen LogP contribution >= 0.6 is 0 Å². The van der Waals surface area contributed by atoms with E-state index in [-0.39, 0.29) is 10.8 Å². The molecule has 3 nitrogen and oxygen atoms in total. The van der Waals surface area contributed by atoms with E-state index in [0.717, 1.165) is 30.0 Å². The summed E-state index contributed by atoms with van der Waals surface area (Å²) in [5.74, 6) is 1.85. The maximum Gasteiger partial charge on any atom is 0.151 e. The van der Waals surface area contributed by atoms with Crippen LogP contribution in [0.3, 0.4) is 0 Å². The van der Waals surface area contributed by atoms with Gasteiger partial charge in [0.25, 0.3) is 0 Å². The minimum atomic E-state index is -0.163. The van der Waals surface area contributed by atoms with Crippen molar-refractivity contribution in [3.8, 4) is 16.9 Å². The second-order valence-electron chi connectivity index (χ2n) is 16.9. The van der Waals surface area contributed by atoms with Gasteiger partial charge < -0.3 is 14.5 Å². The first-order valence-corrected chi connectivity index (χ1v) is 20.2. The number of fused-ring (bicyclic) bond motifs is 7. The Morgan fingerprint density at radius 2 is 1.16 bits per heavy atom. The highest BCUT2D eigenvalue weighted by molar-refractivity contribution is 6.05. The van der Waals surface area contributed by atoms with Gasteiger partial charge in [-0.3, -0.25) is 0 Å². The number of hydrogen-bond donors (Lipinski definition) is 0. The number of benzene rings is 7. The van der Waals surface area contributed by atoms with Crippen LogP contribution in [0.2, 0.25) is 0 Å². The van der Waals surface area contributed by atoms with Crippen molar-refractivity contribution >= 4 is 51.4 Å². The van der Waals surface area contributed by atoms with E-state index in [9.17, 15) is 0 Å². The number of hydrogen-bond acceptors (Lipinski definition) is 3. The van der Waals surface area contributed by atoms with Crippen molar-refractivity contribution in [1.82, 2.24) is 0 Å². The molecule has 276 valence electrons. The van der Waals surface area contributed by atoms with Crippen molar-refractivity contribution in [3.63, 3.8) is 0 Å².